The van der Waals surface area contributed by atoms with Crippen molar-refractivity contribution >= 4 is 33.4 Å². The molecule has 3 aromatic rings. The van der Waals surface area contributed by atoms with E-state index < -0.39 is 5.91 Å². The number of nitrogens with two attached hydrogens (primary N) is 1. The normalized spacial score (nSPS) is 16.6. The Labute approximate surface area is 160 Å². The number of para-hydroxylation sites is 2. The van der Waals surface area contributed by atoms with Crippen molar-refractivity contribution in [2.75, 3.05) is 13.2 Å². The summed E-state index contributed by atoms with van der Waals surface area (Å²) >= 11 is 1.63. The van der Waals surface area contributed by atoms with Gasteiger partial charge in [0.05, 0.1) is 21.8 Å². The average Bonchev–Trinajstić information content (AvgIpc) is 3.32. The van der Waals surface area contributed by atoms with Gasteiger partial charge in [-0.05, 0) is 37.1 Å². The summed E-state index contributed by atoms with van der Waals surface area (Å²) in [5, 5.41) is 0.958. The van der Waals surface area contributed by atoms with Crippen molar-refractivity contribution in [1.29, 1.82) is 0 Å². The number of aromatic nitrogens is 1. The monoisotopic (exact) mass is 381 g/mol. The smallest absolute Gasteiger partial charge is 0.261 e. The van der Waals surface area contributed by atoms with E-state index in [9.17, 15) is 9.59 Å². The molecule has 2 aromatic carbocycles. The Balaban J connectivity index is 1.49. The van der Waals surface area contributed by atoms with Crippen molar-refractivity contribution in [2.45, 2.75) is 18.9 Å². The Hall–Kier alpha value is -2.93. The van der Waals surface area contributed by atoms with Crippen molar-refractivity contribution in [3.05, 3.63) is 59.1 Å². The molecule has 1 aromatic heterocycles. The Kier molecular flexibility index (Phi) is 4.77. The predicted molar refractivity (Wildman–Crippen MR) is 104 cm³/mol. The summed E-state index contributed by atoms with van der Waals surface area (Å²) in [7, 11) is 0. The SMILES string of the molecule is NC(=O)c1ccccc1OCC(=O)N1CCC[C@@H]1c1nc2ccccc2s1. The molecular formula is C20H19N3O3S. The molecule has 1 aliphatic rings. The number of nitrogens with zero attached hydrogens (tertiary/aromatic N) is 2. The van der Waals surface area contributed by atoms with Crippen LogP contribution >= 0.6 is 11.3 Å². The van der Waals surface area contributed by atoms with Gasteiger partial charge in [-0.3, -0.25) is 9.59 Å². The molecule has 2 heterocycles. The maximum atomic E-state index is 12.8. The number of amides is 2. The van der Waals surface area contributed by atoms with Crippen molar-refractivity contribution < 1.29 is 14.3 Å². The average molecular weight is 381 g/mol. The highest BCUT2D eigenvalue weighted by atomic mass is 32.1. The summed E-state index contributed by atoms with van der Waals surface area (Å²) in [6.07, 6.45) is 1.83. The lowest BCUT2D eigenvalue weighted by Gasteiger charge is -2.23. The number of thiazole rings is 1. The largest absolute Gasteiger partial charge is 0.483 e. The van der Waals surface area contributed by atoms with E-state index in [0.29, 0.717) is 12.3 Å². The molecule has 4 rings (SSSR count). The van der Waals surface area contributed by atoms with Crippen LogP contribution in [0, 0.1) is 0 Å². The first-order chi connectivity index (χ1) is 13.1. The summed E-state index contributed by atoms with van der Waals surface area (Å²) in [6.45, 7) is 0.548. The number of likely N-dealkylation sites (tertiary alicyclic amines) is 1. The second-order valence-electron chi connectivity index (χ2n) is 6.41. The van der Waals surface area contributed by atoms with Crippen LogP contribution in [0.15, 0.2) is 48.5 Å². The molecule has 6 nitrogen and oxygen atoms in total. The summed E-state index contributed by atoms with van der Waals surface area (Å²) in [5.74, 6) is -0.364. The maximum Gasteiger partial charge on any atom is 0.261 e. The highest BCUT2D eigenvalue weighted by Gasteiger charge is 2.32. The minimum absolute atomic E-state index is 0.0233. The molecule has 1 aliphatic heterocycles. The minimum Gasteiger partial charge on any atom is -0.483 e. The molecule has 7 heteroatoms. The van der Waals surface area contributed by atoms with Gasteiger partial charge in [-0.15, -0.1) is 11.3 Å². The van der Waals surface area contributed by atoms with E-state index in [1.165, 1.54) is 0 Å². The molecule has 138 valence electrons. The molecule has 27 heavy (non-hydrogen) atoms. The third kappa shape index (κ3) is 3.50. The van der Waals surface area contributed by atoms with Gasteiger partial charge < -0.3 is 15.4 Å². The number of carbonyl (C=O) groups is 2. The molecular weight excluding hydrogens is 362 g/mol. The molecule has 0 bridgehead atoms. The number of benzene rings is 2. The second-order valence-corrected chi connectivity index (χ2v) is 7.48. The van der Waals surface area contributed by atoms with E-state index in [0.717, 1.165) is 28.1 Å². The van der Waals surface area contributed by atoms with Crippen LogP contribution in [0.1, 0.15) is 34.2 Å². The zero-order valence-electron chi connectivity index (χ0n) is 14.6. The lowest BCUT2D eigenvalue weighted by atomic mass is 10.2. The summed E-state index contributed by atoms with van der Waals surface area (Å²) in [4.78, 5) is 30.8. The Morgan fingerprint density at radius 1 is 1.19 bits per heavy atom. The molecule has 0 unspecified atom stereocenters. The zero-order valence-corrected chi connectivity index (χ0v) is 15.4. The Bertz CT molecular complexity index is 968. The number of hydrogen-bond donors (Lipinski definition) is 1. The first-order valence-corrected chi connectivity index (χ1v) is 9.61. The number of hydrogen-bond acceptors (Lipinski definition) is 5. The van der Waals surface area contributed by atoms with Crippen LogP contribution in [0.25, 0.3) is 10.2 Å². The molecule has 1 atom stereocenters. The van der Waals surface area contributed by atoms with Crippen LogP contribution in [-0.2, 0) is 4.79 Å². The highest BCUT2D eigenvalue weighted by molar-refractivity contribution is 7.18. The van der Waals surface area contributed by atoms with Crippen molar-refractivity contribution in [1.82, 2.24) is 9.88 Å². The quantitative estimate of drug-likeness (QED) is 0.736. The third-order valence-electron chi connectivity index (χ3n) is 4.67. The van der Waals surface area contributed by atoms with Gasteiger partial charge in [0.25, 0.3) is 11.8 Å². The minimum atomic E-state index is -0.577. The van der Waals surface area contributed by atoms with Crippen LogP contribution < -0.4 is 10.5 Å². The van der Waals surface area contributed by atoms with Crippen LogP contribution in [0.4, 0.5) is 0 Å². The first-order valence-electron chi connectivity index (χ1n) is 8.80. The fourth-order valence-electron chi connectivity index (χ4n) is 3.37. The summed E-state index contributed by atoms with van der Waals surface area (Å²) in [6, 6.07) is 14.6. The van der Waals surface area contributed by atoms with Crippen LogP contribution in [0.5, 0.6) is 5.75 Å². The zero-order chi connectivity index (χ0) is 18.8. The molecule has 1 fully saturated rings. The van der Waals surface area contributed by atoms with E-state index >= 15 is 0 Å². The predicted octanol–water partition coefficient (Wildman–Crippen LogP) is 3.14. The van der Waals surface area contributed by atoms with Crippen LogP contribution in [-0.4, -0.2) is 34.8 Å². The second kappa shape index (κ2) is 7.36. The molecule has 0 spiro atoms. The first kappa shape index (κ1) is 17.5. The van der Waals surface area contributed by atoms with Crippen molar-refractivity contribution in [2.24, 2.45) is 5.73 Å². The van der Waals surface area contributed by atoms with Gasteiger partial charge in [-0.2, -0.15) is 0 Å². The number of rotatable bonds is 5. The van der Waals surface area contributed by atoms with E-state index in [1.54, 1.807) is 35.6 Å². The number of carbonyl (C=O) groups excluding carboxylic acids is 2. The van der Waals surface area contributed by atoms with E-state index in [4.69, 9.17) is 15.5 Å². The Morgan fingerprint density at radius 2 is 1.96 bits per heavy atom. The number of fused-ring (bicyclic) bond motifs is 1. The maximum absolute atomic E-state index is 12.8. The third-order valence-corrected chi connectivity index (χ3v) is 5.81. The topological polar surface area (TPSA) is 85.5 Å². The van der Waals surface area contributed by atoms with E-state index in [1.807, 2.05) is 29.2 Å². The van der Waals surface area contributed by atoms with Gasteiger partial charge in [0.15, 0.2) is 6.61 Å². The van der Waals surface area contributed by atoms with Gasteiger partial charge in [0.2, 0.25) is 0 Å². The van der Waals surface area contributed by atoms with Gasteiger partial charge in [-0.1, -0.05) is 24.3 Å². The lowest BCUT2D eigenvalue weighted by Crippen LogP contribution is -2.34. The van der Waals surface area contributed by atoms with Crippen LogP contribution in [0.2, 0.25) is 0 Å². The lowest BCUT2D eigenvalue weighted by molar-refractivity contribution is -0.134. The molecule has 2 N–H and O–H groups in total. The molecule has 2 amide bonds. The van der Waals surface area contributed by atoms with Crippen molar-refractivity contribution in [3.63, 3.8) is 0 Å². The molecule has 0 aliphatic carbocycles. The van der Waals surface area contributed by atoms with Gasteiger partial charge in [0, 0.05) is 6.54 Å². The highest BCUT2D eigenvalue weighted by Crippen LogP contribution is 2.36. The molecule has 0 saturated carbocycles. The van der Waals surface area contributed by atoms with E-state index in [-0.39, 0.29) is 24.1 Å². The van der Waals surface area contributed by atoms with Gasteiger partial charge in [0.1, 0.15) is 10.8 Å². The fraction of sp³-hybridized carbons (Fsp3) is 0.250. The summed E-state index contributed by atoms with van der Waals surface area (Å²) in [5.41, 5.74) is 6.59. The van der Waals surface area contributed by atoms with E-state index in [2.05, 4.69) is 0 Å². The van der Waals surface area contributed by atoms with Gasteiger partial charge >= 0.3 is 0 Å². The Morgan fingerprint density at radius 3 is 2.78 bits per heavy atom. The van der Waals surface area contributed by atoms with Crippen molar-refractivity contribution in [3.8, 4) is 5.75 Å². The van der Waals surface area contributed by atoms with Crippen LogP contribution in [0.3, 0.4) is 0 Å². The number of ether oxygens (including phenoxy) is 1. The molecule has 1 saturated heterocycles. The number of primary amides is 1. The standard InChI is InChI=1S/C20H19N3O3S/c21-19(25)13-6-1-3-9-16(13)26-12-18(24)23-11-5-8-15(23)20-22-14-7-2-4-10-17(14)27-20/h1-4,6-7,9-10,15H,5,8,11-12H2,(H2,21,25)/t15-/m1/s1. The van der Waals surface area contributed by atoms with Gasteiger partial charge in [-0.25, -0.2) is 4.98 Å². The summed E-state index contributed by atoms with van der Waals surface area (Å²) < 4.78 is 6.73. The molecule has 0 radical (unpaired) electrons. The fourth-order valence-corrected chi connectivity index (χ4v) is 4.49.